The minimum absolute atomic E-state index is 0.0232. The third kappa shape index (κ3) is 3.67. The Morgan fingerprint density at radius 1 is 1.19 bits per heavy atom. The molecule has 0 spiro atoms. The van der Waals surface area contributed by atoms with E-state index < -0.39 is 17.6 Å². The molecule has 0 aliphatic rings. The van der Waals surface area contributed by atoms with Gasteiger partial charge in [-0.25, -0.2) is 4.98 Å². The molecule has 6 nitrogen and oxygen atoms in total. The number of hydrogen-bond donors (Lipinski definition) is 1. The summed E-state index contributed by atoms with van der Waals surface area (Å²) in [7, 11) is 0. The molecule has 26 heavy (non-hydrogen) atoms. The van der Waals surface area contributed by atoms with E-state index in [2.05, 4.69) is 20.5 Å². The predicted molar refractivity (Wildman–Crippen MR) is 88.3 cm³/mol. The topological polar surface area (TPSA) is 72.7 Å². The lowest BCUT2D eigenvalue weighted by Gasteiger charge is -2.11. The lowest BCUT2D eigenvalue weighted by Crippen LogP contribution is -2.16. The number of imidazole rings is 1. The molecule has 2 heterocycles. The largest absolute Gasteiger partial charge is 0.416 e. The first-order chi connectivity index (χ1) is 12.3. The van der Waals surface area contributed by atoms with E-state index in [1.54, 1.807) is 30.0 Å². The van der Waals surface area contributed by atoms with Gasteiger partial charge in [-0.05, 0) is 37.3 Å². The fourth-order valence-electron chi connectivity index (χ4n) is 2.18. The Bertz CT molecular complexity index is 953. The maximum absolute atomic E-state index is 12.8. The first-order valence-electron chi connectivity index (χ1n) is 7.28. The maximum Gasteiger partial charge on any atom is 0.416 e. The van der Waals surface area contributed by atoms with Gasteiger partial charge in [0.1, 0.15) is 5.82 Å². The van der Waals surface area contributed by atoms with Crippen LogP contribution in [0.15, 0.2) is 42.7 Å². The van der Waals surface area contributed by atoms with Crippen LogP contribution in [0.3, 0.4) is 0 Å². The number of rotatable bonds is 3. The lowest BCUT2D eigenvalue weighted by atomic mass is 10.2. The van der Waals surface area contributed by atoms with Crippen LogP contribution in [-0.2, 0) is 6.18 Å². The molecular formula is C16H11ClF3N5O. The van der Waals surface area contributed by atoms with Crippen molar-refractivity contribution in [3.63, 3.8) is 0 Å². The van der Waals surface area contributed by atoms with Crippen molar-refractivity contribution >= 4 is 23.2 Å². The Hall–Kier alpha value is -2.94. The monoisotopic (exact) mass is 381 g/mol. The van der Waals surface area contributed by atoms with Crippen molar-refractivity contribution in [2.24, 2.45) is 0 Å². The highest BCUT2D eigenvalue weighted by Gasteiger charge is 2.31. The third-order valence-electron chi connectivity index (χ3n) is 3.50. The molecule has 0 aliphatic carbocycles. The number of carbonyl (C=O) groups excluding carboxylic acids is 1. The van der Waals surface area contributed by atoms with Gasteiger partial charge in [-0.15, -0.1) is 10.2 Å². The summed E-state index contributed by atoms with van der Waals surface area (Å²) in [5, 5.41) is 10.0. The van der Waals surface area contributed by atoms with Crippen molar-refractivity contribution in [3.8, 4) is 5.82 Å². The molecule has 0 aliphatic heterocycles. The van der Waals surface area contributed by atoms with Crippen molar-refractivity contribution in [2.75, 3.05) is 5.32 Å². The van der Waals surface area contributed by atoms with E-state index >= 15 is 0 Å². The van der Waals surface area contributed by atoms with Gasteiger partial charge in [-0.3, -0.25) is 9.36 Å². The predicted octanol–water partition coefficient (Wildman–Crippen LogP) is 3.90. The van der Waals surface area contributed by atoms with Crippen LogP contribution in [-0.4, -0.2) is 25.7 Å². The van der Waals surface area contributed by atoms with Crippen molar-refractivity contribution in [1.82, 2.24) is 19.7 Å². The zero-order chi connectivity index (χ0) is 18.9. The van der Waals surface area contributed by atoms with Gasteiger partial charge >= 0.3 is 6.18 Å². The fourth-order valence-corrected chi connectivity index (χ4v) is 2.34. The molecule has 3 rings (SSSR count). The Morgan fingerprint density at radius 2 is 1.96 bits per heavy atom. The van der Waals surface area contributed by atoms with Crippen LogP contribution in [0.25, 0.3) is 5.82 Å². The van der Waals surface area contributed by atoms with Gasteiger partial charge in [-0.2, -0.15) is 13.2 Å². The van der Waals surface area contributed by atoms with Crippen LogP contribution >= 0.6 is 11.6 Å². The van der Waals surface area contributed by atoms with Crippen LogP contribution in [0, 0.1) is 6.92 Å². The molecular weight excluding hydrogens is 371 g/mol. The molecule has 0 fully saturated rings. The van der Waals surface area contributed by atoms with E-state index in [0.717, 1.165) is 18.2 Å². The van der Waals surface area contributed by atoms with Crippen molar-refractivity contribution in [2.45, 2.75) is 13.1 Å². The van der Waals surface area contributed by atoms with E-state index in [4.69, 9.17) is 11.6 Å². The highest BCUT2D eigenvalue weighted by molar-refractivity contribution is 6.33. The highest BCUT2D eigenvalue weighted by Crippen LogP contribution is 2.33. The van der Waals surface area contributed by atoms with Crippen molar-refractivity contribution < 1.29 is 18.0 Å². The number of anilines is 1. The summed E-state index contributed by atoms with van der Waals surface area (Å²) in [6.07, 6.45) is -1.27. The first kappa shape index (κ1) is 17.9. The SMILES string of the molecule is Cc1nccn1-c1ccc(C(=O)Nc2cc(C(F)(F)F)ccc2Cl)nn1. The fraction of sp³-hybridized carbons (Fsp3) is 0.125. The molecule has 0 radical (unpaired) electrons. The minimum atomic E-state index is -4.55. The van der Waals surface area contributed by atoms with Crippen molar-refractivity contribution in [3.05, 3.63) is 64.8 Å². The van der Waals surface area contributed by atoms with Gasteiger partial charge in [0.15, 0.2) is 11.5 Å². The Morgan fingerprint density at radius 3 is 2.54 bits per heavy atom. The zero-order valence-corrected chi connectivity index (χ0v) is 14.0. The second-order valence-electron chi connectivity index (χ2n) is 5.27. The van der Waals surface area contributed by atoms with E-state index in [-0.39, 0.29) is 16.4 Å². The number of nitrogens with one attached hydrogen (secondary N) is 1. The molecule has 0 atom stereocenters. The zero-order valence-electron chi connectivity index (χ0n) is 13.3. The number of alkyl halides is 3. The number of hydrogen-bond acceptors (Lipinski definition) is 4. The molecule has 0 saturated heterocycles. The number of amides is 1. The molecule has 134 valence electrons. The van der Waals surface area contributed by atoms with Crippen LogP contribution in [0.5, 0.6) is 0 Å². The van der Waals surface area contributed by atoms with Gasteiger partial charge in [0.05, 0.1) is 16.3 Å². The normalized spacial score (nSPS) is 11.4. The van der Waals surface area contributed by atoms with Crippen LogP contribution in [0.4, 0.5) is 18.9 Å². The average Bonchev–Trinajstić information content (AvgIpc) is 3.02. The highest BCUT2D eigenvalue weighted by atomic mass is 35.5. The number of aryl methyl sites for hydroxylation is 1. The van der Waals surface area contributed by atoms with E-state index in [1.807, 2.05) is 0 Å². The summed E-state index contributed by atoms with van der Waals surface area (Å²) in [6, 6.07) is 5.61. The summed E-state index contributed by atoms with van der Waals surface area (Å²) in [5.74, 6) is 0.411. The van der Waals surface area contributed by atoms with E-state index in [1.165, 1.54) is 6.07 Å². The molecule has 0 saturated carbocycles. The van der Waals surface area contributed by atoms with Gasteiger partial charge < -0.3 is 5.32 Å². The number of halogens is 4. The summed E-state index contributed by atoms with van der Waals surface area (Å²) in [5.41, 5.74) is -1.16. The number of nitrogens with zero attached hydrogens (tertiary/aromatic N) is 4. The van der Waals surface area contributed by atoms with E-state index in [9.17, 15) is 18.0 Å². The summed E-state index contributed by atoms with van der Waals surface area (Å²) >= 11 is 5.86. The Kier molecular flexibility index (Phi) is 4.64. The second kappa shape index (κ2) is 6.75. The van der Waals surface area contributed by atoms with E-state index in [0.29, 0.717) is 11.6 Å². The van der Waals surface area contributed by atoms with Crippen LogP contribution in [0.1, 0.15) is 21.9 Å². The maximum atomic E-state index is 12.8. The quantitative estimate of drug-likeness (QED) is 0.747. The van der Waals surface area contributed by atoms with Gasteiger partial charge in [-0.1, -0.05) is 11.6 Å². The van der Waals surface area contributed by atoms with Gasteiger partial charge in [0, 0.05) is 12.4 Å². The summed E-state index contributed by atoms with van der Waals surface area (Å²) < 4.78 is 40.0. The van der Waals surface area contributed by atoms with Crippen LogP contribution < -0.4 is 5.32 Å². The molecule has 2 aromatic heterocycles. The number of benzene rings is 1. The Balaban J connectivity index is 1.81. The molecule has 1 amide bonds. The molecule has 1 aromatic carbocycles. The Labute approximate surface area is 150 Å². The first-order valence-corrected chi connectivity index (χ1v) is 7.65. The summed E-state index contributed by atoms with van der Waals surface area (Å²) in [6.45, 7) is 1.78. The minimum Gasteiger partial charge on any atom is -0.319 e. The van der Waals surface area contributed by atoms with Crippen LogP contribution in [0.2, 0.25) is 5.02 Å². The lowest BCUT2D eigenvalue weighted by molar-refractivity contribution is -0.137. The third-order valence-corrected chi connectivity index (χ3v) is 3.83. The molecule has 0 unspecified atom stereocenters. The molecule has 0 bridgehead atoms. The van der Waals surface area contributed by atoms with Crippen molar-refractivity contribution in [1.29, 1.82) is 0 Å². The average molecular weight is 382 g/mol. The number of carbonyl (C=O) groups is 1. The molecule has 3 aromatic rings. The molecule has 1 N–H and O–H groups in total. The molecule has 10 heteroatoms. The second-order valence-corrected chi connectivity index (χ2v) is 5.67. The van der Waals surface area contributed by atoms with Gasteiger partial charge in [0.2, 0.25) is 0 Å². The number of aromatic nitrogens is 4. The summed E-state index contributed by atoms with van der Waals surface area (Å²) in [4.78, 5) is 16.3. The van der Waals surface area contributed by atoms with Gasteiger partial charge in [0.25, 0.3) is 5.91 Å². The standard InChI is InChI=1S/C16H11ClF3N5O/c1-9-21-6-7-25(9)14-5-4-12(23-24-14)15(26)22-13-8-10(16(18,19)20)2-3-11(13)17/h2-8H,1H3,(H,22,26). The smallest absolute Gasteiger partial charge is 0.319 e.